The van der Waals surface area contributed by atoms with E-state index in [9.17, 15) is 4.79 Å². The predicted octanol–water partition coefficient (Wildman–Crippen LogP) is 0.724. The number of nitrogens with zero attached hydrogens (tertiary/aromatic N) is 3. The van der Waals surface area contributed by atoms with Crippen LogP contribution in [0.2, 0.25) is 0 Å². The number of aromatic nitrogens is 3. The molecule has 2 fully saturated rings. The summed E-state index contributed by atoms with van der Waals surface area (Å²) in [6.45, 7) is 3.85. The molecule has 1 saturated carbocycles. The number of aryl methyl sites for hydroxylation is 1. The topological polar surface area (TPSA) is 73.9 Å². The summed E-state index contributed by atoms with van der Waals surface area (Å²) in [5.74, 6) is 1.08. The lowest BCUT2D eigenvalue weighted by molar-refractivity contribution is 0.0716. The number of hydrogen-bond acceptors (Lipinski definition) is 4. The van der Waals surface area contributed by atoms with Crippen molar-refractivity contribution in [1.29, 1.82) is 0 Å². The average Bonchev–Trinajstić information content (AvgIpc) is 2.95. The summed E-state index contributed by atoms with van der Waals surface area (Å²) >= 11 is 0. The minimum atomic E-state index is -0.0212. The molecule has 1 unspecified atom stereocenters. The number of nitrogens with one attached hydrogen (secondary N) is 2. The molecule has 1 amide bonds. The van der Waals surface area contributed by atoms with Gasteiger partial charge in [-0.3, -0.25) is 9.89 Å². The van der Waals surface area contributed by atoms with Gasteiger partial charge in [0.2, 0.25) is 5.82 Å². The van der Waals surface area contributed by atoms with Crippen LogP contribution in [-0.2, 0) is 6.42 Å². The number of amides is 1. The second-order valence-electron chi connectivity index (χ2n) is 5.44. The summed E-state index contributed by atoms with van der Waals surface area (Å²) in [7, 11) is 0. The molecule has 1 aromatic rings. The lowest BCUT2D eigenvalue weighted by Crippen LogP contribution is -2.42. The lowest BCUT2D eigenvalue weighted by atomic mass is 10.2. The standard InChI is InChI=1S/C13H21N5O/c1-2-11-15-12(17-16-11)13(19)18(10-5-6-10)8-9-4-3-7-14-9/h9-10,14H,2-8H2,1H3,(H,15,16,17). The third kappa shape index (κ3) is 2.78. The van der Waals surface area contributed by atoms with Crippen molar-refractivity contribution < 1.29 is 4.79 Å². The largest absolute Gasteiger partial charge is 0.331 e. The van der Waals surface area contributed by atoms with Crippen molar-refractivity contribution in [3.63, 3.8) is 0 Å². The first kappa shape index (κ1) is 12.6. The van der Waals surface area contributed by atoms with Gasteiger partial charge in [0.1, 0.15) is 5.82 Å². The molecule has 1 aliphatic heterocycles. The zero-order valence-corrected chi connectivity index (χ0v) is 11.4. The molecule has 1 atom stereocenters. The lowest BCUT2D eigenvalue weighted by Gasteiger charge is -2.24. The van der Waals surface area contributed by atoms with Crippen LogP contribution in [0.3, 0.4) is 0 Å². The Hall–Kier alpha value is -1.43. The molecular formula is C13H21N5O. The molecule has 2 aliphatic rings. The van der Waals surface area contributed by atoms with Crippen LogP contribution >= 0.6 is 0 Å². The Morgan fingerprint density at radius 2 is 2.26 bits per heavy atom. The van der Waals surface area contributed by atoms with Crippen LogP contribution in [0, 0.1) is 0 Å². The van der Waals surface area contributed by atoms with Gasteiger partial charge in [0, 0.05) is 25.0 Å². The monoisotopic (exact) mass is 263 g/mol. The van der Waals surface area contributed by atoms with Crippen LogP contribution in [-0.4, -0.2) is 51.2 Å². The van der Waals surface area contributed by atoms with E-state index >= 15 is 0 Å². The van der Waals surface area contributed by atoms with E-state index in [1.165, 1.54) is 6.42 Å². The normalized spacial score (nSPS) is 22.7. The van der Waals surface area contributed by atoms with Gasteiger partial charge in [-0.15, -0.1) is 5.10 Å². The van der Waals surface area contributed by atoms with Gasteiger partial charge in [-0.05, 0) is 32.2 Å². The molecule has 1 aromatic heterocycles. The number of carbonyl (C=O) groups excluding carboxylic acids is 1. The van der Waals surface area contributed by atoms with Crippen molar-refractivity contribution >= 4 is 5.91 Å². The van der Waals surface area contributed by atoms with Crippen LogP contribution in [0.15, 0.2) is 0 Å². The fourth-order valence-electron chi connectivity index (χ4n) is 2.61. The molecule has 3 rings (SSSR count). The molecule has 6 nitrogen and oxygen atoms in total. The highest BCUT2D eigenvalue weighted by molar-refractivity contribution is 5.90. The van der Waals surface area contributed by atoms with Crippen LogP contribution in [0.1, 0.15) is 49.1 Å². The zero-order chi connectivity index (χ0) is 13.2. The van der Waals surface area contributed by atoms with Crippen molar-refractivity contribution in [2.75, 3.05) is 13.1 Å². The summed E-state index contributed by atoms with van der Waals surface area (Å²) in [4.78, 5) is 18.7. The van der Waals surface area contributed by atoms with E-state index < -0.39 is 0 Å². The maximum atomic E-state index is 12.5. The van der Waals surface area contributed by atoms with Crippen LogP contribution in [0.5, 0.6) is 0 Å². The molecule has 2 heterocycles. The zero-order valence-electron chi connectivity index (χ0n) is 11.4. The Balaban J connectivity index is 1.69. The number of H-pyrrole nitrogens is 1. The molecule has 2 N–H and O–H groups in total. The van der Waals surface area contributed by atoms with E-state index in [1.807, 2.05) is 11.8 Å². The average molecular weight is 263 g/mol. The van der Waals surface area contributed by atoms with Gasteiger partial charge >= 0.3 is 0 Å². The van der Waals surface area contributed by atoms with Gasteiger partial charge in [0.05, 0.1) is 0 Å². The fourth-order valence-corrected chi connectivity index (χ4v) is 2.61. The van der Waals surface area contributed by atoms with Crippen LogP contribution in [0.4, 0.5) is 0 Å². The minimum absolute atomic E-state index is 0.0212. The highest BCUT2D eigenvalue weighted by Gasteiger charge is 2.36. The van der Waals surface area contributed by atoms with Crippen molar-refractivity contribution in [3.8, 4) is 0 Å². The molecule has 1 saturated heterocycles. The highest BCUT2D eigenvalue weighted by Crippen LogP contribution is 2.28. The summed E-state index contributed by atoms with van der Waals surface area (Å²) in [5.41, 5.74) is 0. The van der Waals surface area contributed by atoms with Crippen molar-refractivity contribution in [2.24, 2.45) is 0 Å². The van der Waals surface area contributed by atoms with E-state index in [0.29, 0.717) is 17.9 Å². The Morgan fingerprint density at radius 3 is 2.84 bits per heavy atom. The number of aromatic amines is 1. The summed E-state index contributed by atoms with van der Waals surface area (Å²) in [6, 6.07) is 0.840. The molecule has 6 heteroatoms. The predicted molar refractivity (Wildman–Crippen MR) is 70.8 cm³/mol. The first-order valence-electron chi connectivity index (χ1n) is 7.23. The van der Waals surface area contributed by atoms with Crippen molar-refractivity contribution in [1.82, 2.24) is 25.4 Å². The molecule has 104 valence electrons. The summed E-state index contributed by atoms with van der Waals surface area (Å²) < 4.78 is 0. The van der Waals surface area contributed by atoms with Gasteiger partial charge < -0.3 is 10.2 Å². The van der Waals surface area contributed by atoms with E-state index in [4.69, 9.17) is 0 Å². The molecule has 0 bridgehead atoms. The molecule has 0 aromatic carbocycles. The third-order valence-corrected chi connectivity index (χ3v) is 3.89. The number of hydrogen-bond donors (Lipinski definition) is 2. The summed E-state index contributed by atoms with van der Waals surface area (Å²) in [6.07, 6.45) is 5.36. The Morgan fingerprint density at radius 1 is 1.42 bits per heavy atom. The smallest absolute Gasteiger partial charge is 0.293 e. The third-order valence-electron chi connectivity index (χ3n) is 3.89. The molecule has 1 aliphatic carbocycles. The quantitative estimate of drug-likeness (QED) is 0.821. The van der Waals surface area contributed by atoms with E-state index in [2.05, 4.69) is 20.5 Å². The molecule has 0 radical (unpaired) electrons. The second-order valence-corrected chi connectivity index (χ2v) is 5.44. The first-order chi connectivity index (χ1) is 9.28. The van der Waals surface area contributed by atoms with Gasteiger partial charge in [0.15, 0.2) is 0 Å². The van der Waals surface area contributed by atoms with Gasteiger partial charge in [-0.2, -0.15) is 0 Å². The van der Waals surface area contributed by atoms with Crippen molar-refractivity contribution in [2.45, 2.75) is 51.1 Å². The Labute approximate surface area is 113 Å². The van der Waals surface area contributed by atoms with Gasteiger partial charge in [-0.25, -0.2) is 4.98 Å². The highest BCUT2D eigenvalue weighted by atomic mass is 16.2. The van der Waals surface area contributed by atoms with Crippen LogP contribution < -0.4 is 5.32 Å². The Kier molecular flexibility index (Phi) is 3.50. The molecule has 19 heavy (non-hydrogen) atoms. The van der Waals surface area contributed by atoms with E-state index in [0.717, 1.165) is 44.6 Å². The van der Waals surface area contributed by atoms with Crippen molar-refractivity contribution in [3.05, 3.63) is 11.6 Å². The fraction of sp³-hybridized carbons (Fsp3) is 0.769. The maximum Gasteiger partial charge on any atom is 0.293 e. The second kappa shape index (κ2) is 5.28. The van der Waals surface area contributed by atoms with Gasteiger partial charge in [0.25, 0.3) is 5.91 Å². The number of rotatable bonds is 5. The van der Waals surface area contributed by atoms with E-state index in [1.54, 1.807) is 0 Å². The number of carbonyl (C=O) groups is 1. The van der Waals surface area contributed by atoms with Gasteiger partial charge in [-0.1, -0.05) is 6.92 Å². The minimum Gasteiger partial charge on any atom is -0.331 e. The SMILES string of the molecule is CCc1nc(C(=O)N(CC2CCCN2)C2CC2)n[nH]1. The Bertz CT molecular complexity index is 448. The first-order valence-corrected chi connectivity index (χ1v) is 7.23. The maximum absolute atomic E-state index is 12.5. The van der Waals surface area contributed by atoms with E-state index in [-0.39, 0.29) is 5.91 Å². The summed E-state index contributed by atoms with van der Waals surface area (Å²) in [5, 5.41) is 10.3. The molecule has 0 spiro atoms. The van der Waals surface area contributed by atoms with Crippen LogP contribution in [0.25, 0.3) is 0 Å². The molecular weight excluding hydrogens is 242 g/mol.